The van der Waals surface area contributed by atoms with E-state index in [0.29, 0.717) is 11.1 Å². The van der Waals surface area contributed by atoms with Crippen molar-refractivity contribution < 1.29 is 14.4 Å². The monoisotopic (exact) mass is 489 g/mol. The van der Waals surface area contributed by atoms with Crippen molar-refractivity contribution in [1.82, 2.24) is 25.6 Å². The minimum Gasteiger partial charge on any atom is -0.314 e. The number of imide groups is 1. The van der Waals surface area contributed by atoms with E-state index in [0.717, 1.165) is 37.7 Å². The normalized spacial score (nSPS) is 18.5. The van der Waals surface area contributed by atoms with E-state index in [-0.39, 0.29) is 6.54 Å². The lowest BCUT2D eigenvalue weighted by atomic mass is 9.83. The maximum atomic E-state index is 13.7. The third kappa shape index (κ3) is 4.70. The van der Waals surface area contributed by atoms with Gasteiger partial charge in [-0.1, -0.05) is 66.7 Å². The van der Waals surface area contributed by atoms with Crippen LogP contribution in [-0.2, 0) is 21.7 Å². The number of amides is 4. The van der Waals surface area contributed by atoms with Crippen LogP contribution in [0, 0.1) is 0 Å². The minimum absolute atomic E-state index is 0.119. The van der Waals surface area contributed by atoms with Crippen molar-refractivity contribution in [2.24, 2.45) is 0 Å². The first-order valence-corrected chi connectivity index (χ1v) is 12.5. The summed E-state index contributed by atoms with van der Waals surface area (Å²) in [4.78, 5) is 45.2. The second kappa shape index (κ2) is 9.99. The molecule has 0 bridgehead atoms. The fourth-order valence-corrected chi connectivity index (χ4v) is 5.40. The maximum Gasteiger partial charge on any atom is 0.344 e. The number of piperazine rings is 1. The molecule has 0 unspecified atom stereocenters. The summed E-state index contributed by atoms with van der Waals surface area (Å²) in [5.41, 5.74) is 2.40. The molecule has 9 heteroatoms. The summed E-state index contributed by atoms with van der Waals surface area (Å²) in [7, 11) is 0. The second-order valence-electron chi connectivity index (χ2n) is 8.72. The molecule has 0 radical (unpaired) electrons. The zero-order chi connectivity index (χ0) is 24.3. The third-order valence-corrected chi connectivity index (χ3v) is 7.32. The van der Waals surface area contributed by atoms with Crippen LogP contribution in [0.2, 0.25) is 0 Å². The van der Waals surface area contributed by atoms with Crippen LogP contribution in [0.1, 0.15) is 16.0 Å². The summed E-state index contributed by atoms with van der Waals surface area (Å²) in [6.45, 7) is 4.25. The predicted octanol–water partition coefficient (Wildman–Crippen LogP) is 2.39. The van der Waals surface area contributed by atoms with Gasteiger partial charge in [-0.05, 0) is 22.6 Å². The highest BCUT2D eigenvalue weighted by Gasteiger charge is 2.54. The third-order valence-electron chi connectivity index (χ3n) is 6.46. The van der Waals surface area contributed by atoms with E-state index in [1.54, 1.807) is 35.6 Å². The molecule has 2 aliphatic heterocycles. The minimum atomic E-state index is -1.40. The molecule has 2 fully saturated rings. The number of urea groups is 1. The summed E-state index contributed by atoms with van der Waals surface area (Å²) in [5, 5.41) is 5.73. The average Bonchev–Trinajstić information content (AvgIpc) is 3.49. The summed E-state index contributed by atoms with van der Waals surface area (Å²) in [5.74, 6) is -0.925. The smallest absolute Gasteiger partial charge is 0.314 e. The number of nitrogens with one attached hydrogen (secondary N) is 2. The Kier molecular flexibility index (Phi) is 6.63. The molecule has 35 heavy (non-hydrogen) atoms. The molecule has 2 saturated heterocycles. The molecule has 2 aliphatic rings. The van der Waals surface area contributed by atoms with Gasteiger partial charge in [-0.25, -0.2) is 4.79 Å². The molecular weight excluding hydrogens is 462 g/mol. The molecule has 3 aromatic rings. The van der Waals surface area contributed by atoms with Crippen molar-refractivity contribution in [3.63, 3.8) is 0 Å². The molecule has 2 N–H and O–H groups in total. The number of hydrogen-bond acceptors (Lipinski definition) is 6. The van der Waals surface area contributed by atoms with Crippen LogP contribution < -0.4 is 10.7 Å². The van der Waals surface area contributed by atoms with E-state index < -0.39 is 23.4 Å². The zero-order valence-corrected chi connectivity index (χ0v) is 20.0. The highest BCUT2D eigenvalue weighted by atomic mass is 32.1. The lowest BCUT2D eigenvalue weighted by Crippen LogP contribution is -2.53. The van der Waals surface area contributed by atoms with Crippen molar-refractivity contribution in [3.8, 4) is 0 Å². The van der Waals surface area contributed by atoms with Crippen molar-refractivity contribution in [2.45, 2.75) is 12.1 Å². The lowest BCUT2D eigenvalue weighted by molar-refractivity contribution is -0.139. The van der Waals surface area contributed by atoms with Gasteiger partial charge >= 0.3 is 6.03 Å². The van der Waals surface area contributed by atoms with Gasteiger partial charge in [-0.3, -0.25) is 24.8 Å². The molecule has 180 valence electrons. The average molecular weight is 490 g/mol. The van der Waals surface area contributed by atoms with Crippen LogP contribution in [0.25, 0.3) is 0 Å². The number of carbonyl (C=O) groups is 3. The van der Waals surface area contributed by atoms with Crippen molar-refractivity contribution in [1.29, 1.82) is 0 Å². The first-order chi connectivity index (χ1) is 17.1. The Balaban J connectivity index is 1.25. The number of thiophene rings is 1. The van der Waals surface area contributed by atoms with Gasteiger partial charge in [0.2, 0.25) is 0 Å². The number of benzene rings is 2. The SMILES string of the molecule is O=C(CN1CCN(Cc2cccs2)CC1)NN1C(=O)NC(c2ccccc2)(c2ccccc2)C1=O. The van der Waals surface area contributed by atoms with Crippen LogP contribution in [0.5, 0.6) is 0 Å². The maximum absolute atomic E-state index is 13.7. The van der Waals surface area contributed by atoms with Crippen molar-refractivity contribution in [2.75, 3.05) is 32.7 Å². The Morgan fingerprint density at radius 1 is 0.857 bits per heavy atom. The van der Waals surface area contributed by atoms with Crippen LogP contribution >= 0.6 is 11.3 Å². The highest BCUT2D eigenvalue weighted by Crippen LogP contribution is 2.35. The number of carbonyl (C=O) groups excluding carboxylic acids is 3. The van der Waals surface area contributed by atoms with Gasteiger partial charge in [0.05, 0.1) is 6.54 Å². The fourth-order valence-electron chi connectivity index (χ4n) is 4.66. The molecule has 4 amide bonds. The number of hydrogen-bond donors (Lipinski definition) is 2. The zero-order valence-electron chi connectivity index (χ0n) is 19.2. The molecule has 0 aliphatic carbocycles. The van der Waals surface area contributed by atoms with Gasteiger partial charge in [-0.2, -0.15) is 5.01 Å². The predicted molar refractivity (Wildman–Crippen MR) is 133 cm³/mol. The molecule has 0 saturated carbocycles. The summed E-state index contributed by atoms with van der Waals surface area (Å²) in [6.07, 6.45) is 0. The van der Waals surface area contributed by atoms with Gasteiger partial charge in [-0.15, -0.1) is 11.3 Å². The Morgan fingerprint density at radius 3 is 2.03 bits per heavy atom. The lowest BCUT2D eigenvalue weighted by Gasteiger charge is -2.34. The van der Waals surface area contributed by atoms with Crippen molar-refractivity contribution in [3.05, 3.63) is 94.2 Å². The number of rotatable bonds is 7. The van der Waals surface area contributed by atoms with Gasteiger partial charge in [0.25, 0.3) is 11.8 Å². The summed E-state index contributed by atoms with van der Waals surface area (Å²) in [6, 6.07) is 21.7. The number of hydrazine groups is 1. The van der Waals surface area contributed by atoms with Gasteiger partial charge in [0.1, 0.15) is 0 Å². The van der Waals surface area contributed by atoms with Crippen LogP contribution in [-0.4, -0.2) is 65.4 Å². The fraction of sp³-hybridized carbons (Fsp3) is 0.269. The Morgan fingerprint density at radius 2 is 1.46 bits per heavy atom. The quantitative estimate of drug-likeness (QED) is 0.498. The van der Waals surface area contributed by atoms with Crippen LogP contribution in [0.4, 0.5) is 4.79 Å². The highest BCUT2D eigenvalue weighted by molar-refractivity contribution is 7.09. The first-order valence-electron chi connectivity index (χ1n) is 11.6. The second-order valence-corrected chi connectivity index (χ2v) is 9.75. The largest absolute Gasteiger partial charge is 0.344 e. The van der Waals surface area contributed by atoms with E-state index in [4.69, 9.17) is 0 Å². The summed E-state index contributed by atoms with van der Waals surface area (Å²) < 4.78 is 0. The van der Waals surface area contributed by atoms with Gasteiger partial charge in [0.15, 0.2) is 5.54 Å². The molecule has 1 aromatic heterocycles. The Hall–Kier alpha value is -3.53. The van der Waals surface area contributed by atoms with Crippen LogP contribution in [0.3, 0.4) is 0 Å². The molecular formula is C26H27N5O3S. The van der Waals surface area contributed by atoms with Gasteiger partial charge < -0.3 is 5.32 Å². The Labute approximate surface area is 208 Å². The first kappa shape index (κ1) is 23.2. The van der Waals surface area contributed by atoms with E-state index >= 15 is 0 Å². The topological polar surface area (TPSA) is 85.0 Å². The van der Waals surface area contributed by atoms with E-state index in [9.17, 15) is 14.4 Å². The van der Waals surface area contributed by atoms with Gasteiger partial charge in [0, 0.05) is 37.6 Å². The molecule has 2 aromatic carbocycles. The van der Waals surface area contributed by atoms with E-state index in [1.165, 1.54) is 4.88 Å². The Bertz CT molecular complexity index is 1140. The molecule has 0 atom stereocenters. The molecule has 0 spiro atoms. The molecule has 8 nitrogen and oxygen atoms in total. The summed E-state index contributed by atoms with van der Waals surface area (Å²) >= 11 is 1.75. The molecule has 3 heterocycles. The van der Waals surface area contributed by atoms with E-state index in [1.807, 2.05) is 41.3 Å². The number of nitrogens with zero attached hydrogens (tertiary/aromatic N) is 3. The standard InChI is InChI=1S/C26H27N5O3S/c32-23(19-30-15-13-29(14-16-30)18-22-12-7-17-35-22)28-31-24(33)26(27-25(31)34,20-8-3-1-4-9-20)21-10-5-2-6-11-21/h1-12,17H,13-16,18-19H2,(H,27,34)(H,28,32). The van der Waals surface area contributed by atoms with Crippen LogP contribution in [0.15, 0.2) is 78.2 Å². The van der Waals surface area contributed by atoms with E-state index in [2.05, 4.69) is 33.2 Å². The van der Waals surface area contributed by atoms with Crippen molar-refractivity contribution >= 4 is 29.2 Å². The molecule has 5 rings (SSSR count).